The van der Waals surface area contributed by atoms with Crippen LogP contribution in [0.3, 0.4) is 0 Å². The lowest BCUT2D eigenvalue weighted by Crippen LogP contribution is -2.41. The van der Waals surface area contributed by atoms with Gasteiger partial charge in [-0.15, -0.1) is 0 Å². The standard InChI is InChI=1S/C22H21NO6/c1-26-22(25)23-18-9-8-16(29-21(24)14-5-3-2-4-6-14)12-17(18)15-7-10-19-20(11-15)28-13-27-19/h2-11,16-18H,12-13H2,1H3,(H,23,25)/t16-,17-,18+/m1/s1. The smallest absolute Gasteiger partial charge is 0.407 e. The first-order valence-corrected chi connectivity index (χ1v) is 9.32. The minimum atomic E-state index is -0.523. The molecule has 0 bridgehead atoms. The fraction of sp³-hybridized carbons (Fsp3) is 0.273. The number of hydrogen-bond donors (Lipinski definition) is 1. The summed E-state index contributed by atoms with van der Waals surface area (Å²) in [5, 5.41) is 2.83. The molecule has 0 aromatic heterocycles. The minimum absolute atomic E-state index is 0.137. The number of fused-ring (bicyclic) bond motifs is 1. The number of carbonyl (C=O) groups excluding carboxylic acids is 2. The molecular formula is C22H21NO6. The number of rotatable bonds is 4. The first-order chi connectivity index (χ1) is 14.1. The van der Waals surface area contributed by atoms with Crippen LogP contribution in [0, 0.1) is 0 Å². The highest BCUT2D eigenvalue weighted by molar-refractivity contribution is 5.89. The van der Waals surface area contributed by atoms with Crippen molar-refractivity contribution in [2.75, 3.05) is 13.9 Å². The van der Waals surface area contributed by atoms with Crippen LogP contribution in [-0.2, 0) is 9.47 Å². The summed E-state index contributed by atoms with van der Waals surface area (Å²) in [6, 6.07) is 14.2. The molecule has 0 fully saturated rings. The SMILES string of the molecule is COC(=O)N[C@H]1C=C[C@@H](OC(=O)c2ccccc2)C[C@@H]1c1ccc2c(c1)OCO2. The van der Waals surface area contributed by atoms with E-state index in [0.29, 0.717) is 23.5 Å². The highest BCUT2D eigenvalue weighted by atomic mass is 16.7. The van der Waals surface area contributed by atoms with Crippen LogP contribution in [0.25, 0.3) is 0 Å². The molecule has 7 heteroatoms. The lowest BCUT2D eigenvalue weighted by molar-refractivity contribution is 0.0350. The van der Waals surface area contributed by atoms with Gasteiger partial charge in [-0.05, 0) is 42.3 Å². The summed E-state index contributed by atoms with van der Waals surface area (Å²) in [7, 11) is 1.32. The lowest BCUT2D eigenvalue weighted by atomic mass is 9.82. The Bertz CT molecular complexity index is 926. The van der Waals surface area contributed by atoms with Crippen molar-refractivity contribution in [3.8, 4) is 11.5 Å². The summed E-state index contributed by atoms with van der Waals surface area (Å²) in [5.74, 6) is 0.822. The van der Waals surface area contributed by atoms with E-state index in [2.05, 4.69) is 5.32 Å². The average molecular weight is 395 g/mol. The third-order valence-electron chi connectivity index (χ3n) is 5.02. The zero-order valence-electron chi connectivity index (χ0n) is 15.9. The number of hydrogen-bond acceptors (Lipinski definition) is 6. The average Bonchev–Trinajstić information content (AvgIpc) is 3.23. The third-order valence-corrected chi connectivity index (χ3v) is 5.02. The topological polar surface area (TPSA) is 83.1 Å². The van der Waals surface area contributed by atoms with Gasteiger partial charge in [0.05, 0.1) is 18.7 Å². The molecule has 150 valence electrons. The lowest BCUT2D eigenvalue weighted by Gasteiger charge is -2.32. The molecule has 0 radical (unpaired) electrons. The van der Waals surface area contributed by atoms with Crippen LogP contribution < -0.4 is 14.8 Å². The Labute approximate surface area is 168 Å². The van der Waals surface area contributed by atoms with E-state index in [1.807, 2.05) is 30.3 Å². The van der Waals surface area contributed by atoms with Gasteiger partial charge in [-0.3, -0.25) is 0 Å². The molecule has 1 aliphatic heterocycles. The summed E-state index contributed by atoms with van der Waals surface area (Å²) in [4.78, 5) is 24.2. The molecule has 7 nitrogen and oxygen atoms in total. The van der Waals surface area contributed by atoms with Crippen LogP contribution in [0.1, 0.15) is 28.3 Å². The highest BCUT2D eigenvalue weighted by Crippen LogP contribution is 2.38. The molecule has 0 saturated heterocycles. The minimum Gasteiger partial charge on any atom is -0.455 e. The van der Waals surface area contributed by atoms with Crippen molar-refractivity contribution in [1.29, 1.82) is 0 Å². The molecule has 1 heterocycles. The molecule has 1 amide bonds. The zero-order valence-corrected chi connectivity index (χ0v) is 15.9. The molecule has 1 aliphatic carbocycles. The summed E-state index contributed by atoms with van der Waals surface area (Å²) in [5.41, 5.74) is 1.44. The summed E-state index contributed by atoms with van der Waals surface area (Å²) >= 11 is 0. The molecule has 0 spiro atoms. The maximum Gasteiger partial charge on any atom is 0.407 e. The molecule has 1 N–H and O–H groups in total. The second-order valence-corrected chi connectivity index (χ2v) is 6.81. The largest absolute Gasteiger partial charge is 0.455 e. The number of amides is 1. The molecule has 29 heavy (non-hydrogen) atoms. The Hall–Kier alpha value is -3.48. The van der Waals surface area contributed by atoms with Crippen molar-refractivity contribution in [2.24, 2.45) is 0 Å². The number of alkyl carbamates (subject to hydrolysis) is 1. The Balaban J connectivity index is 1.55. The third kappa shape index (κ3) is 4.18. The highest BCUT2D eigenvalue weighted by Gasteiger charge is 2.32. The van der Waals surface area contributed by atoms with Gasteiger partial charge >= 0.3 is 12.1 Å². The molecule has 3 atom stereocenters. The van der Waals surface area contributed by atoms with Gasteiger partial charge in [-0.1, -0.05) is 30.3 Å². The van der Waals surface area contributed by atoms with Crippen molar-refractivity contribution in [1.82, 2.24) is 5.32 Å². The van der Waals surface area contributed by atoms with E-state index in [-0.39, 0.29) is 24.7 Å². The van der Waals surface area contributed by atoms with E-state index in [4.69, 9.17) is 18.9 Å². The second-order valence-electron chi connectivity index (χ2n) is 6.81. The number of nitrogens with one attached hydrogen (secondary N) is 1. The molecule has 2 aromatic carbocycles. The van der Waals surface area contributed by atoms with Crippen LogP contribution in [-0.4, -0.2) is 38.1 Å². The fourth-order valence-corrected chi connectivity index (χ4v) is 3.55. The predicted molar refractivity (Wildman–Crippen MR) is 104 cm³/mol. The van der Waals surface area contributed by atoms with E-state index in [1.54, 1.807) is 30.3 Å². The van der Waals surface area contributed by atoms with Gasteiger partial charge in [0.2, 0.25) is 6.79 Å². The van der Waals surface area contributed by atoms with E-state index >= 15 is 0 Å². The normalized spacial score (nSPS) is 22.0. The van der Waals surface area contributed by atoms with Crippen molar-refractivity contribution < 1.29 is 28.5 Å². The van der Waals surface area contributed by atoms with E-state index in [0.717, 1.165) is 5.56 Å². The van der Waals surface area contributed by atoms with Crippen LogP contribution in [0.2, 0.25) is 0 Å². The maximum absolute atomic E-state index is 12.4. The molecule has 0 saturated carbocycles. The van der Waals surface area contributed by atoms with Gasteiger partial charge in [0.15, 0.2) is 11.5 Å². The second kappa shape index (κ2) is 8.26. The number of esters is 1. The van der Waals surface area contributed by atoms with Crippen LogP contribution in [0.15, 0.2) is 60.7 Å². The molecule has 2 aromatic rings. The van der Waals surface area contributed by atoms with E-state index in [1.165, 1.54) is 7.11 Å². The van der Waals surface area contributed by atoms with E-state index < -0.39 is 12.2 Å². The Morgan fingerprint density at radius 1 is 1.03 bits per heavy atom. The predicted octanol–water partition coefficient (Wildman–Crippen LogP) is 3.41. The van der Waals surface area contributed by atoms with Crippen molar-refractivity contribution >= 4 is 12.1 Å². The van der Waals surface area contributed by atoms with Crippen LogP contribution >= 0.6 is 0 Å². The zero-order chi connectivity index (χ0) is 20.2. The Kier molecular flexibility index (Phi) is 5.37. The van der Waals surface area contributed by atoms with Crippen molar-refractivity contribution in [2.45, 2.75) is 24.5 Å². The summed E-state index contributed by atoms with van der Waals surface area (Å²) in [6.07, 6.45) is 3.19. The first-order valence-electron chi connectivity index (χ1n) is 9.32. The quantitative estimate of drug-likeness (QED) is 0.631. The van der Waals surface area contributed by atoms with Gasteiger partial charge in [-0.25, -0.2) is 9.59 Å². The maximum atomic E-state index is 12.4. The van der Waals surface area contributed by atoms with Crippen LogP contribution in [0.5, 0.6) is 11.5 Å². The van der Waals surface area contributed by atoms with Crippen molar-refractivity contribution in [3.05, 3.63) is 71.8 Å². The number of ether oxygens (including phenoxy) is 4. The monoisotopic (exact) mass is 395 g/mol. The molecule has 0 unspecified atom stereocenters. The summed E-state index contributed by atoms with van der Waals surface area (Å²) < 4.78 is 21.3. The Morgan fingerprint density at radius 3 is 2.62 bits per heavy atom. The van der Waals surface area contributed by atoms with Gasteiger partial charge < -0.3 is 24.3 Å². The molecular weight excluding hydrogens is 374 g/mol. The van der Waals surface area contributed by atoms with Gasteiger partial charge in [0, 0.05) is 5.92 Å². The molecule has 2 aliphatic rings. The molecule has 4 rings (SSSR count). The van der Waals surface area contributed by atoms with E-state index in [9.17, 15) is 9.59 Å². The summed E-state index contributed by atoms with van der Waals surface area (Å²) in [6.45, 7) is 0.185. The number of methoxy groups -OCH3 is 1. The van der Waals surface area contributed by atoms with Gasteiger partial charge in [0.25, 0.3) is 0 Å². The first kappa shape index (κ1) is 18.9. The Morgan fingerprint density at radius 2 is 1.83 bits per heavy atom. The van der Waals surface area contributed by atoms with Gasteiger partial charge in [-0.2, -0.15) is 0 Å². The van der Waals surface area contributed by atoms with Crippen molar-refractivity contribution in [3.63, 3.8) is 0 Å². The van der Waals surface area contributed by atoms with Gasteiger partial charge in [0.1, 0.15) is 6.10 Å². The fourth-order valence-electron chi connectivity index (χ4n) is 3.55. The van der Waals surface area contributed by atoms with Crippen LogP contribution in [0.4, 0.5) is 4.79 Å². The number of benzene rings is 2. The number of carbonyl (C=O) groups is 2.